The van der Waals surface area contributed by atoms with Crippen LogP contribution in [0.4, 0.5) is 17.6 Å². The Morgan fingerprint density at radius 1 is 1.33 bits per heavy atom. The minimum atomic E-state index is -4.62. The topological polar surface area (TPSA) is 26.3 Å². The number of carbonyl (C=O) groups is 1. The second kappa shape index (κ2) is 3.88. The first kappa shape index (κ1) is 11.5. The van der Waals surface area contributed by atoms with Crippen molar-refractivity contribution in [3.63, 3.8) is 0 Å². The summed E-state index contributed by atoms with van der Waals surface area (Å²) >= 11 is 0. The van der Waals surface area contributed by atoms with Gasteiger partial charge in [-0.1, -0.05) is 0 Å². The highest BCUT2D eigenvalue weighted by atomic mass is 19.4. The molecule has 0 unspecified atom stereocenters. The fourth-order valence-corrected chi connectivity index (χ4v) is 0.915. The van der Waals surface area contributed by atoms with Gasteiger partial charge in [0.25, 0.3) is 0 Å². The standard InChI is InChI=1S/C9H6F4O2/c1-5(14)15-8-3-2-6(4-7(8)10)9(11,12)13/h2-4H,1H3. The number of hydrogen-bond acceptors (Lipinski definition) is 2. The monoisotopic (exact) mass is 222 g/mol. The van der Waals surface area contributed by atoms with Gasteiger partial charge in [0.2, 0.25) is 0 Å². The first-order chi connectivity index (χ1) is 6.80. The molecule has 0 N–H and O–H groups in total. The quantitative estimate of drug-likeness (QED) is 0.415. The highest BCUT2D eigenvalue weighted by Crippen LogP contribution is 2.31. The molecule has 1 rings (SSSR count). The van der Waals surface area contributed by atoms with E-state index in [-0.39, 0.29) is 6.07 Å². The van der Waals surface area contributed by atoms with Crippen LogP contribution in [0.3, 0.4) is 0 Å². The Labute approximate surface area is 82.5 Å². The van der Waals surface area contributed by atoms with Gasteiger partial charge >= 0.3 is 12.1 Å². The van der Waals surface area contributed by atoms with E-state index in [2.05, 4.69) is 4.74 Å². The third-order valence-electron chi connectivity index (χ3n) is 1.51. The van der Waals surface area contributed by atoms with Gasteiger partial charge in [0.15, 0.2) is 11.6 Å². The van der Waals surface area contributed by atoms with Crippen LogP contribution in [0.2, 0.25) is 0 Å². The summed E-state index contributed by atoms with van der Waals surface area (Å²) in [6.07, 6.45) is -4.62. The summed E-state index contributed by atoms with van der Waals surface area (Å²) in [5, 5.41) is 0. The number of ether oxygens (including phenoxy) is 1. The molecule has 0 fully saturated rings. The minimum Gasteiger partial charge on any atom is -0.424 e. The summed E-state index contributed by atoms with van der Waals surface area (Å²) in [4.78, 5) is 10.4. The predicted molar refractivity (Wildman–Crippen MR) is 42.7 cm³/mol. The summed E-state index contributed by atoms with van der Waals surface area (Å²) in [6.45, 7) is 1.02. The molecule has 6 heteroatoms. The van der Waals surface area contributed by atoms with Crippen LogP contribution in [-0.4, -0.2) is 5.97 Å². The maximum absolute atomic E-state index is 13.0. The van der Waals surface area contributed by atoms with Crippen molar-refractivity contribution in [1.82, 2.24) is 0 Å². The van der Waals surface area contributed by atoms with Gasteiger partial charge in [0.05, 0.1) is 5.56 Å². The van der Waals surface area contributed by atoms with Crippen LogP contribution in [0.25, 0.3) is 0 Å². The van der Waals surface area contributed by atoms with E-state index in [1.165, 1.54) is 0 Å². The second-order valence-corrected chi connectivity index (χ2v) is 2.74. The summed E-state index contributed by atoms with van der Waals surface area (Å²) in [5.41, 5.74) is -1.13. The first-order valence-corrected chi connectivity index (χ1v) is 3.86. The number of hydrogen-bond donors (Lipinski definition) is 0. The molecule has 82 valence electrons. The summed E-state index contributed by atoms with van der Waals surface area (Å²) in [5.74, 6) is -2.54. The molecule has 0 spiro atoms. The van der Waals surface area contributed by atoms with Crippen LogP contribution in [0.15, 0.2) is 18.2 Å². The van der Waals surface area contributed by atoms with Gasteiger partial charge < -0.3 is 4.74 Å². The smallest absolute Gasteiger partial charge is 0.416 e. The van der Waals surface area contributed by atoms with Gasteiger partial charge in [-0.2, -0.15) is 13.2 Å². The molecule has 0 heterocycles. The molecule has 0 radical (unpaired) electrons. The van der Waals surface area contributed by atoms with E-state index < -0.39 is 29.3 Å². The van der Waals surface area contributed by atoms with Crippen molar-refractivity contribution >= 4 is 5.97 Å². The van der Waals surface area contributed by atoms with Crippen LogP contribution >= 0.6 is 0 Å². The first-order valence-electron chi connectivity index (χ1n) is 3.86. The molecule has 1 aromatic carbocycles. The Morgan fingerprint density at radius 2 is 1.93 bits per heavy atom. The third-order valence-corrected chi connectivity index (χ3v) is 1.51. The minimum absolute atomic E-state index is 0.276. The average molecular weight is 222 g/mol. The van der Waals surface area contributed by atoms with E-state index in [1.54, 1.807) is 0 Å². The number of rotatable bonds is 1. The zero-order valence-corrected chi connectivity index (χ0v) is 7.56. The van der Waals surface area contributed by atoms with Crippen molar-refractivity contribution in [3.8, 4) is 5.75 Å². The molecule has 1 aromatic rings. The van der Waals surface area contributed by atoms with Crippen LogP contribution in [0, 0.1) is 5.82 Å². The molecular weight excluding hydrogens is 216 g/mol. The van der Waals surface area contributed by atoms with Crippen molar-refractivity contribution in [2.75, 3.05) is 0 Å². The Balaban J connectivity index is 3.03. The fourth-order valence-electron chi connectivity index (χ4n) is 0.915. The van der Waals surface area contributed by atoms with E-state index in [1.807, 2.05) is 0 Å². The van der Waals surface area contributed by atoms with Crippen molar-refractivity contribution in [3.05, 3.63) is 29.6 Å². The molecule has 0 amide bonds. The summed E-state index contributed by atoms with van der Waals surface area (Å²) in [6, 6.07) is 1.68. The molecular formula is C9H6F4O2. The lowest BCUT2D eigenvalue weighted by molar-refractivity contribution is -0.137. The lowest BCUT2D eigenvalue weighted by Crippen LogP contribution is -2.07. The van der Waals surface area contributed by atoms with E-state index in [0.29, 0.717) is 6.07 Å². The van der Waals surface area contributed by atoms with Gasteiger partial charge in [-0.05, 0) is 18.2 Å². The van der Waals surface area contributed by atoms with Gasteiger partial charge in [-0.3, -0.25) is 4.79 Å². The molecule has 0 atom stereocenters. The molecule has 0 aliphatic carbocycles. The van der Waals surface area contributed by atoms with Gasteiger partial charge in [0.1, 0.15) is 0 Å². The number of carbonyl (C=O) groups excluding carboxylic acids is 1. The number of esters is 1. The van der Waals surface area contributed by atoms with Crippen LogP contribution < -0.4 is 4.74 Å². The predicted octanol–water partition coefficient (Wildman–Crippen LogP) is 2.77. The number of halogens is 4. The summed E-state index contributed by atoms with van der Waals surface area (Å²) in [7, 11) is 0. The van der Waals surface area contributed by atoms with Crippen LogP contribution in [0.5, 0.6) is 5.75 Å². The molecule has 15 heavy (non-hydrogen) atoms. The third kappa shape index (κ3) is 2.93. The maximum Gasteiger partial charge on any atom is 0.416 e. The Kier molecular flexibility index (Phi) is 2.97. The largest absolute Gasteiger partial charge is 0.424 e. The van der Waals surface area contributed by atoms with Crippen LogP contribution in [0.1, 0.15) is 12.5 Å². The van der Waals surface area contributed by atoms with Crippen molar-refractivity contribution in [2.24, 2.45) is 0 Å². The molecule has 0 saturated heterocycles. The van der Waals surface area contributed by atoms with Crippen molar-refractivity contribution < 1.29 is 27.1 Å². The Hall–Kier alpha value is -1.59. The molecule has 0 saturated carbocycles. The maximum atomic E-state index is 13.0. The SMILES string of the molecule is CC(=O)Oc1ccc(C(F)(F)F)cc1F. The van der Waals surface area contributed by atoms with Crippen molar-refractivity contribution in [1.29, 1.82) is 0 Å². The second-order valence-electron chi connectivity index (χ2n) is 2.74. The van der Waals surface area contributed by atoms with Crippen molar-refractivity contribution in [2.45, 2.75) is 13.1 Å². The molecule has 0 aliphatic rings. The zero-order chi connectivity index (χ0) is 11.6. The highest BCUT2D eigenvalue weighted by Gasteiger charge is 2.31. The number of alkyl halides is 3. The van der Waals surface area contributed by atoms with Crippen LogP contribution in [-0.2, 0) is 11.0 Å². The fraction of sp³-hybridized carbons (Fsp3) is 0.222. The molecule has 0 aliphatic heterocycles. The lowest BCUT2D eigenvalue weighted by atomic mass is 10.2. The van der Waals surface area contributed by atoms with E-state index >= 15 is 0 Å². The van der Waals surface area contributed by atoms with Gasteiger partial charge in [-0.15, -0.1) is 0 Å². The average Bonchev–Trinajstić information content (AvgIpc) is 2.05. The van der Waals surface area contributed by atoms with Gasteiger partial charge in [0, 0.05) is 6.92 Å². The summed E-state index contributed by atoms with van der Waals surface area (Å²) < 4.78 is 53.6. The number of benzene rings is 1. The molecule has 2 nitrogen and oxygen atoms in total. The van der Waals surface area contributed by atoms with E-state index in [0.717, 1.165) is 13.0 Å². The van der Waals surface area contributed by atoms with Gasteiger partial charge in [-0.25, -0.2) is 4.39 Å². The Bertz CT molecular complexity index is 384. The normalized spacial score (nSPS) is 11.3. The zero-order valence-electron chi connectivity index (χ0n) is 7.56. The lowest BCUT2D eigenvalue weighted by Gasteiger charge is -2.08. The van der Waals surface area contributed by atoms with E-state index in [4.69, 9.17) is 0 Å². The highest BCUT2D eigenvalue weighted by molar-refractivity contribution is 5.69. The van der Waals surface area contributed by atoms with E-state index in [9.17, 15) is 22.4 Å². The molecule has 0 aromatic heterocycles. The molecule has 0 bridgehead atoms. The Morgan fingerprint density at radius 3 is 2.33 bits per heavy atom.